The molecule has 0 saturated carbocycles. The van der Waals surface area contributed by atoms with Crippen LogP contribution in [0.15, 0.2) is 15.0 Å². The Kier molecular flexibility index (Phi) is 5.35. The summed E-state index contributed by atoms with van der Waals surface area (Å²) in [4.78, 5) is 14.4. The molecule has 3 aliphatic rings. The Labute approximate surface area is 150 Å². The van der Waals surface area contributed by atoms with E-state index in [1.807, 2.05) is 0 Å². The lowest BCUT2D eigenvalue weighted by molar-refractivity contribution is -0.0593. The number of fused-ring (bicyclic) bond motifs is 1. The maximum atomic E-state index is 10.4. The van der Waals surface area contributed by atoms with E-state index >= 15 is 0 Å². The zero-order valence-corrected chi connectivity index (χ0v) is 15.1. The summed E-state index contributed by atoms with van der Waals surface area (Å²) in [6.45, 7) is 4.03. The fourth-order valence-corrected chi connectivity index (χ4v) is 4.18. The zero-order chi connectivity index (χ0) is 18.2. The summed E-state index contributed by atoms with van der Waals surface area (Å²) in [5.41, 5.74) is 4.14. The number of aliphatic imine (C=N–C) groups is 3. The molecule has 3 rings (SSSR count). The van der Waals surface area contributed by atoms with E-state index in [4.69, 9.17) is 10.5 Å². The van der Waals surface area contributed by atoms with E-state index < -0.39 is 35.5 Å². The maximum absolute atomic E-state index is 10.4. The molecule has 25 heavy (non-hydrogen) atoms. The molecule has 0 aliphatic carbocycles. The summed E-state index contributed by atoms with van der Waals surface area (Å²) in [6.07, 6.45) is -0.721. The quantitative estimate of drug-likeness (QED) is 0.351. The molecule has 0 spiro atoms. The highest BCUT2D eigenvalue weighted by Gasteiger charge is 2.53. The minimum Gasteiger partial charge on any atom is -0.387 e. The summed E-state index contributed by atoms with van der Waals surface area (Å²) in [7, 11) is 0. The Hall–Kier alpha value is -1.20. The monoisotopic (exact) mass is 371 g/mol. The predicted octanol–water partition coefficient (Wildman–Crippen LogP) is -0.886. The maximum Gasteiger partial charge on any atom is 0.173 e. The van der Waals surface area contributed by atoms with Gasteiger partial charge < -0.3 is 25.8 Å². The number of amidine groups is 2. The van der Waals surface area contributed by atoms with Gasteiger partial charge in [0.2, 0.25) is 0 Å². The van der Waals surface area contributed by atoms with Crippen LogP contribution < -0.4 is 5.73 Å². The van der Waals surface area contributed by atoms with Gasteiger partial charge in [-0.3, -0.25) is 9.89 Å². The number of hydrogen-bond acceptors (Lipinski definition) is 10. The molecule has 3 heterocycles. The van der Waals surface area contributed by atoms with Crippen molar-refractivity contribution < 1.29 is 20.1 Å². The third-order valence-corrected chi connectivity index (χ3v) is 5.83. The number of aliphatic hydroxyl groups is 3. The Morgan fingerprint density at radius 1 is 1.44 bits per heavy atom. The van der Waals surface area contributed by atoms with Crippen LogP contribution >= 0.6 is 11.8 Å². The van der Waals surface area contributed by atoms with Crippen LogP contribution in [0.5, 0.6) is 0 Å². The molecule has 0 aromatic heterocycles. The van der Waals surface area contributed by atoms with Crippen LogP contribution in [-0.2, 0) is 4.74 Å². The first-order chi connectivity index (χ1) is 11.9. The Morgan fingerprint density at radius 2 is 2.20 bits per heavy atom. The summed E-state index contributed by atoms with van der Waals surface area (Å²) >= 11 is 1.31. The van der Waals surface area contributed by atoms with E-state index in [-0.39, 0.29) is 6.67 Å². The first kappa shape index (κ1) is 18.6. The fraction of sp³-hybridized carbons (Fsp3) is 0.800. The molecule has 2 unspecified atom stereocenters. The molecule has 5 N–H and O–H groups in total. The topological polar surface area (TPSA) is 136 Å². The number of nitrogens with two attached hydrogens (primary N) is 1. The Morgan fingerprint density at radius 3 is 2.92 bits per heavy atom. The van der Waals surface area contributed by atoms with Gasteiger partial charge in [0.15, 0.2) is 11.8 Å². The average molecular weight is 371 g/mol. The number of rotatable bonds is 6. The third kappa shape index (κ3) is 3.17. The summed E-state index contributed by atoms with van der Waals surface area (Å²) in [6, 6.07) is 0. The van der Waals surface area contributed by atoms with E-state index in [0.29, 0.717) is 11.7 Å². The molecular formula is C15H25N5O4S. The van der Waals surface area contributed by atoms with Gasteiger partial charge in [0.05, 0.1) is 6.34 Å². The SMILES string of the molecule is CCCCSC(O)[C@H]1O[C@@H](N2C=NC3(C)C(N)=NCN=C23)[C@H](O)[C@@H]1O. The number of aliphatic hydroxyl groups excluding tert-OH is 3. The van der Waals surface area contributed by atoms with Crippen LogP contribution in [0.4, 0.5) is 0 Å². The van der Waals surface area contributed by atoms with Crippen LogP contribution in [0.1, 0.15) is 26.7 Å². The van der Waals surface area contributed by atoms with Gasteiger partial charge >= 0.3 is 0 Å². The van der Waals surface area contributed by atoms with Gasteiger partial charge in [0.25, 0.3) is 0 Å². The first-order valence-corrected chi connectivity index (χ1v) is 9.45. The highest BCUT2D eigenvalue weighted by molar-refractivity contribution is 7.99. The predicted molar refractivity (Wildman–Crippen MR) is 96.7 cm³/mol. The van der Waals surface area contributed by atoms with Crippen LogP contribution in [0, 0.1) is 0 Å². The van der Waals surface area contributed by atoms with Crippen molar-refractivity contribution in [3.05, 3.63) is 0 Å². The minimum atomic E-state index is -1.21. The van der Waals surface area contributed by atoms with Crippen molar-refractivity contribution in [2.45, 2.75) is 62.2 Å². The molecule has 140 valence electrons. The van der Waals surface area contributed by atoms with Gasteiger partial charge in [-0.05, 0) is 19.1 Å². The Bertz CT molecular complexity index is 600. The molecule has 9 nitrogen and oxygen atoms in total. The molecular weight excluding hydrogens is 346 g/mol. The molecule has 0 bridgehead atoms. The first-order valence-electron chi connectivity index (χ1n) is 8.40. The number of nitrogens with zero attached hydrogens (tertiary/aromatic N) is 4. The molecule has 1 fully saturated rings. The van der Waals surface area contributed by atoms with Crippen LogP contribution in [0.25, 0.3) is 0 Å². The fourth-order valence-electron chi connectivity index (χ4n) is 3.07. The Balaban J connectivity index is 1.72. The second-order valence-corrected chi connectivity index (χ2v) is 7.70. The molecule has 0 amide bonds. The van der Waals surface area contributed by atoms with E-state index in [1.54, 1.807) is 11.8 Å². The van der Waals surface area contributed by atoms with Crippen molar-refractivity contribution in [1.82, 2.24) is 4.90 Å². The third-order valence-electron chi connectivity index (χ3n) is 4.70. The number of unbranched alkanes of at least 4 members (excludes halogenated alkanes) is 1. The van der Waals surface area contributed by atoms with Crippen LogP contribution in [-0.4, -0.2) is 86.2 Å². The lowest BCUT2D eigenvalue weighted by atomic mass is 9.99. The van der Waals surface area contributed by atoms with Gasteiger partial charge in [0.1, 0.15) is 42.1 Å². The standard InChI is InChI=1S/C15H25N5O4S/c1-3-4-5-25-12(23)10-8(21)9(22)11(24-10)20-7-19-15(2)13(16)17-6-18-14(15)20/h7-12,21-23H,3-6H2,1-2H3,(H2,16,17)/t8-,9+,10-,11+,12?,15?/m0/s1. The van der Waals surface area contributed by atoms with Gasteiger partial charge in [-0.1, -0.05) is 13.3 Å². The van der Waals surface area contributed by atoms with Gasteiger partial charge in [-0.15, -0.1) is 11.8 Å². The molecule has 1 saturated heterocycles. The van der Waals surface area contributed by atoms with Gasteiger partial charge in [-0.2, -0.15) is 0 Å². The molecule has 0 aromatic rings. The number of ether oxygens (including phenoxy) is 1. The van der Waals surface area contributed by atoms with E-state index in [2.05, 4.69) is 21.9 Å². The van der Waals surface area contributed by atoms with Crippen molar-refractivity contribution in [2.75, 3.05) is 12.4 Å². The average Bonchev–Trinajstić information content (AvgIpc) is 3.08. The molecule has 0 aromatic carbocycles. The van der Waals surface area contributed by atoms with Crippen molar-refractivity contribution in [2.24, 2.45) is 20.7 Å². The summed E-state index contributed by atoms with van der Waals surface area (Å²) in [5.74, 6) is 1.62. The largest absolute Gasteiger partial charge is 0.387 e. The number of thioether (sulfide) groups is 1. The number of hydrogen-bond donors (Lipinski definition) is 4. The van der Waals surface area contributed by atoms with E-state index in [9.17, 15) is 15.3 Å². The normalized spacial score (nSPS) is 38.5. The van der Waals surface area contributed by atoms with Crippen molar-refractivity contribution >= 4 is 29.8 Å². The van der Waals surface area contributed by atoms with Crippen LogP contribution in [0.2, 0.25) is 0 Å². The van der Waals surface area contributed by atoms with E-state index in [1.165, 1.54) is 18.1 Å². The van der Waals surface area contributed by atoms with Gasteiger partial charge in [0, 0.05) is 0 Å². The van der Waals surface area contributed by atoms with Crippen molar-refractivity contribution in [1.29, 1.82) is 0 Å². The molecule has 6 atom stereocenters. The lowest BCUT2D eigenvalue weighted by Crippen LogP contribution is -2.55. The van der Waals surface area contributed by atoms with E-state index in [0.717, 1.165) is 18.6 Å². The summed E-state index contributed by atoms with van der Waals surface area (Å²) in [5, 5.41) is 31.0. The minimum absolute atomic E-state index is 0.181. The van der Waals surface area contributed by atoms with Crippen molar-refractivity contribution in [3.63, 3.8) is 0 Å². The zero-order valence-electron chi connectivity index (χ0n) is 14.3. The molecule has 10 heteroatoms. The second-order valence-electron chi connectivity index (χ2n) is 6.48. The van der Waals surface area contributed by atoms with Crippen molar-refractivity contribution in [3.8, 4) is 0 Å². The second kappa shape index (κ2) is 7.20. The van der Waals surface area contributed by atoms with Gasteiger partial charge in [-0.25, -0.2) is 9.98 Å². The van der Waals surface area contributed by atoms with Crippen LogP contribution in [0.3, 0.4) is 0 Å². The highest BCUT2D eigenvalue weighted by atomic mass is 32.2. The molecule has 3 aliphatic heterocycles. The lowest BCUT2D eigenvalue weighted by Gasteiger charge is -2.32. The summed E-state index contributed by atoms with van der Waals surface area (Å²) < 4.78 is 5.79. The smallest absolute Gasteiger partial charge is 0.173 e. The molecule has 0 radical (unpaired) electrons. The highest BCUT2D eigenvalue weighted by Crippen LogP contribution is 2.34.